The van der Waals surface area contributed by atoms with Gasteiger partial charge in [0, 0.05) is 0 Å². The first-order valence-corrected chi connectivity index (χ1v) is 15.1. The zero-order valence-corrected chi connectivity index (χ0v) is 23.1. The molecule has 1 aliphatic carbocycles. The van der Waals surface area contributed by atoms with Gasteiger partial charge in [-0.25, -0.2) is 8.78 Å². The summed E-state index contributed by atoms with van der Waals surface area (Å²) in [7, 11) is -3.34. The van der Waals surface area contributed by atoms with E-state index in [4.69, 9.17) is 9.05 Å². The molecule has 5 nitrogen and oxygen atoms in total. The molecule has 11 heteroatoms. The molecule has 0 aromatic heterocycles. The number of unbranched alkanes of at least 4 members (excludes halogenated alkanes) is 3. The molecule has 0 spiro atoms. The number of fused-ring (bicyclic) bond motifs is 3. The third-order valence-corrected chi connectivity index (χ3v) is 8.63. The fraction of sp³-hybridized carbons (Fsp3) is 0.536. The zero-order chi connectivity index (χ0) is 28.6. The van der Waals surface area contributed by atoms with E-state index in [-0.39, 0.29) is 29.3 Å². The molecule has 0 aliphatic heterocycles. The minimum atomic E-state index is -4.64. The van der Waals surface area contributed by atoms with Crippen molar-refractivity contribution in [2.45, 2.75) is 70.9 Å². The number of hydrogen-bond donors (Lipinski definition) is 1. The summed E-state index contributed by atoms with van der Waals surface area (Å²) in [6, 6.07) is 6.44. The molecule has 0 radical (unpaired) electrons. The highest BCUT2D eigenvalue weighted by Crippen LogP contribution is 2.50. The van der Waals surface area contributed by atoms with E-state index >= 15 is 4.39 Å². The van der Waals surface area contributed by atoms with Crippen LogP contribution in [0, 0.1) is 11.6 Å². The van der Waals surface area contributed by atoms with Crippen LogP contribution in [0.2, 0.25) is 0 Å². The minimum absolute atomic E-state index is 0.137. The number of carbonyl (C=O) groups excluding carboxylic acids is 1. The standard InChI is InChI=1S/C28H35F5NO4P/c1-3-5-14-37-39(36,38-15-6-4-2)16-8-7-9-22-24(30)13-12-21-20-11-10-19(29)17-23(20)26(25(21)22)27(35)34-18-28(31,32)33/h10-13,17,26H,3-9,14-16,18H2,1-2H3,(H,34,35). The van der Waals surface area contributed by atoms with Gasteiger partial charge in [0.1, 0.15) is 18.2 Å². The molecular weight excluding hydrogens is 540 g/mol. The van der Waals surface area contributed by atoms with Crippen LogP contribution in [0.15, 0.2) is 30.3 Å². The summed E-state index contributed by atoms with van der Waals surface area (Å²) in [6.07, 6.45) is -0.397. The van der Waals surface area contributed by atoms with E-state index in [0.717, 1.165) is 31.7 Å². The highest BCUT2D eigenvalue weighted by Gasteiger charge is 2.38. The van der Waals surface area contributed by atoms with Crippen LogP contribution < -0.4 is 5.32 Å². The zero-order valence-electron chi connectivity index (χ0n) is 22.2. The predicted molar refractivity (Wildman–Crippen MR) is 140 cm³/mol. The summed E-state index contributed by atoms with van der Waals surface area (Å²) in [5.41, 5.74) is 1.54. The maximum atomic E-state index is 15.1. The monoisotopic (exact) mass is 575 g/mol. The number of rotatable bonds is 15. The van der Waals surface area contributed by atoms with E-state index in [0.29, 0.717) is 37.2 Å². The summed E-state index contributed by atoms with van der Waals surface area (Å²) < 4.78 is 92.1. The van der Waals surface area contributed by atoms with Crippen LogP contribution in [0.1, 0.15) is 75.0 Å². The summed E-state index contributed by atoms with van der Waals surface area (Å²) in [6.45, 7) is 3.04. The molecule has 0 bridgehead atoms. The number of amides is 1. The lowest BCUT2D eigenvalue weighted by Crippen LogP contribution is -2.37. The average molecular weight is 576 g/mol. The molecule has 0 saturated carbocycles. The van der Waals surface area contributed by atoms with E-state index in [2.05, 4.69) is 0 Å². The van der Waals surface area contributed by atoms with Gasteiger partial charge < -0.3 is 14.4 Å². The number of nitrogens with one attached hydrogen (secondary N) is 1. The summed E-state index contributed by atoms with van der Waals surface area (Å²) >= 11 is 0. The van der Waals surface area contributed by atoms with Crippen LogP contribution in [0.25, 0.3) is 11.1 Å². The second-order valence-electron chi connectivity index (χ2n) is 9.65. The van der Waals surface area contributed by atoms with Gasteiger partial charge in [0.15, 0.2) is 0 Å². The van der Waals surface area contributed by atoms with Crippen molar-refractivity contribution in [3.8, 4) is 11.1 Å². The molecule has 0 saturated heterocycles. The third kappa shape index (κ3) is 8.35. The van der Waals surface area contributed by atoms with Crippen LogP contribution in [-0.2, 0) is 24.8 Å². The largest absolute Gasteiger partial charge is 0.405 e. The minimum Gasteiger partial charge on any atom is -0.346 e. The molecule has 2 aromatic carbocycles. The number of hydrogen-bond acceptors (Lipinski definition) is 4. The van der Waals surface area contributed by atoms with Gasteiger partial charge in [-0.05, 0) is 78.1 Å². The van der Waals surface area contributed by atoms with Gasteiger partial charge in [-0.1, -0.05) is 38.8 Å². The first-order chi connectivity index (χ1) is 18.5. The van der Waals surface area contributed by atoms with Crippen LogP contribution in [0.5, 0.6) is 0 Å². The van der Waals surface area contributed by atoms with Crippen molar-refractivity contribution >= 4 is 13.5 Å². The average Bonchev–Trinajstić information content (AvgIpc) is 3.19. The Morgan fingerprint density at radius 3 is 2.21 bits per heavy atom. The lowest BCUT2D eigenvalue weighted by molar-refractivity contribution is -0.138. The molecule has 1 N–H and O–H groups in total. The van der Waals surface area contributed by atoms with Gasteiger partial charge in [0.25, 0.3) is 0 Å². The molecule has 1 unspecified atom stereocenters. The highest BCUT2D eigenvalue weighted by atomic mass is 31.2. The molecule has 216 valence electrons. The summed E-state index contributed by atoms with van der Waals surface area (Å²) in [5.74, 6) is -3.54. The normalized spacial score (nSPS) is 14.8. The van der Waals surface area contributed by atoms with Gasteiger partial charge >= 0.3 is 13.8 Å². The number of halogens is 5. The molecule has 0 heterocycles. The fourth-order valence-corrected chi connectivity index (χ4v) is 6.42. The summed E-state index contributed by atoms with van der Waals surface area (Å²) in [5, 5.41) is 1.87. The molecule has 3 rings (SSSR count). The van der Waals surface area contributed by atoms with Crippen molar-refractivity contribution in [1.82, 2.24) is 5.32 Å². The maximum Gasteiger partial charge on any atom is 0.405 e. The third-order valence-electron chi connectivity index (χ3n) is 6.61. The Morgan fingerprint density at radius 2 is 1.59 bits per heavy atom. The Labute approximate surface area is 226 Å². The van der Waals surface area contributed by atoms with E-state index in [1.807, 2.05) is 19.2 Å². The van der Waals surface area contributed by atoms with E-state index in [1.165, 1.54) is 24.3 Å². The molecule has 0 fully saturated rings. The molecule has 1 aliphatic rings. The fourth-order valence-electron chi connectivity index (χ4n) is 4.66. The second-order valence-corrected chi connectivity index (χ2v) is 11.8. The smallest absolute Gasteiger partial charge is 0.346 e. The molecule has 1 atom stereocenters. The van der Waals surface area contributed by atoms with Gasteiger partial charge in [-0.3, -0.25) is 9.36 Å². The van der Waals surface area contributed by atoms with Crippen molar-refractivity contribution < 1.29 is 40.4 Å². The second kappa shape index (κ2) is 13.9. The highest BCUT2D eigenvalue weighted by molar-refractivity contribution is 7.53. The van der Waals surface area contributed by atoms with Crippen molar-refractivity contribution in [1.29, 1.82) is 0 Å². The van der Waals surface area contributed by atoms with E-state index in [9.17, 15) is 26.9 Å². The molecular formula is C28H35F5NO4P. The SMILES string of the molecule is CCCCOP(=O)(CCCCc1c(F)ccc2c1C(C(=O)NCC(F)(F)F)c1cc(F)ccc1-2)OCCCC. The first-order valence-electron chi connectivity index (χ1n) is 13.3. The Bertz CT molecular complexity index is 1170. The van der Waals surface area contributed by atoms with Crippen LogP contribution >= 0.6 is 7.60 Å². The molecule has 39 heavy (non-hydrogen) atoms. The topological polar surface area (TPSA) is 64.6 Å². The van der Waals surface area contributed by atoms with Crippen molar-refractivity contribution in [3.05, 3.63) is 58.7 Å². The Kier molecular flexibility index (Phi) is 11.1. The maximum absolute atomic E-state index is 15.1. The number of carbonyl (C=O) groups is 1. The van der Waals surface area contributed by atoms with E-state index < -0.39 is 43.8 Å². The van der Waals surface area contributed by atoms with Crippen molar-refractivity contribution in [2.75, 3.05) is 25.9 Å². The number of alkyl halides is 3. The Morgan fingerprint density at radius 1 is 0.949 bits per heavy atom. The van der Waals surface area contributed by atoms with Crippen molar-refractivity contribution in [3.63, 3.8) is 0 Å². The predicted octanol–water partition coefficient (Wildman–Crippen LogP) is 7.90. The quantitative estimate of drug-likeness (QED) is 0.133. The van der Waals surface area contributed by atoms with Crippen LogP contribution in [-0.4, -0.2) is 38.0 Å². The van der Waals surface area contributed by atoms with Crippen LogP contribution in [0.4, 0.5) is 22.0 Å². The summed E-state index contributed by atoms with van der Waals surface area (Å²) in [4.78, 5) is 13.0. The van der Waals surface area contributed by atoms with Crippen molar-refractivity contribution in [2.24, 2.45) is 0 Å². The Balaban J connectivity index is 1.82. The Hall–Kier alpha value is -2.29. The lowest BCUT2D eigenvalue weighted by atomic mass is 9.89. The van der Waals surface area contributed by atoms with Crippen LogP contribution in [0.3, 0.4) is 0 Å². The van der Waals surface area contributed by atoms with Gasteiger partial charge in [-0.2, -0.15) is 13.2 Å². The van der Waals surface area contributed by atoms with E-state index in [1.54, 1.807) is 0 Å². The molecule has 1 amide bonds. The van der Waals surface area contributed by atoms with Gasteiger partial charge in [0.2, 0.25) is 5.91 Å². The lowest BCUT2D eigenvalue weighted by Gasteiger charge is -2.20. The first kappa shape index (κ1) is 31.2. The molecule has 2 aromatic rings. The number of benzene rings is 2. The van der Waals surface area contributed by atoms with Gasteiger partial charge in [0.05, 0.1) is 25.3 Å². The van der Waals surface area contributed by atoms with Gasteiger partial charge in [-0.15, -0.1) is 0 Å².